The van der Waals surface area contributed by atoms with E-state index in [-0.39, 0.29) is 5.97 Å². The molecule has 0 bridgehead atoms. The molecule has 2 atom stereocenters. The largest absolute Gasteiger partial charge is 0.463 e. The third-order valence-corrected chi connectivity index (χ3v) is 3.70. The summed E-state index contributed by atoms with van der Waals surface area (Å²) in [5.41, 5.74) is 0.563. The summed E-state index contributed by atoms with van der Waals surface area (Å²) in [4.78, 5) is 13.7. The second-order valence-corrected chi connectivity index (χ2v) is 6.16. The molecule has 0 aromatic carbocycles. The molecule has 1 heterocycles. The summed E-state index contributed by atoms with van der Waals surface area (Å²) in [6.07, 6.45) is 0. The first kappa shape index (κ1) is 13.6. The van der Waals surface area contributed by atoms with Gasteiger partial charge in [0.1, 0.15) is 0 Å². The standard InChI is InChI=1S/C12H21NO2S/c1-5-15-12(14)9(2)6-13-7-10(3)16-11(4)8-13/h10-11H,2,5-8H2,1,3-4H3. The molecule has 0 amide bonds. The highest BCUT2D eigenvalue weighted by atomic mass is 32.2. The van der Waals surface area contributed by atoms with Gasteiger partial charge < -0.3 is 4.74 Å². The van der Waals surface area contributed by atoms with Gasteiger partial charge in [-0.05, 0) is 6.92 Å². The van der Waals surface area contributed by atoms with E-state index in [1.54, 1.807) is 0 Å². The quantitative estimate of drug-likeness (QED) is 0.557. The molecule has 92 valence electrons. The van der Waals surface area contributed by atoms with Gasteiger partial charge in [0.15, 0.2) is 0 Å². The van der Waals surface area contributed by atoms with E-state index in [9.17, 15) is 4.79 Å². The Morgan fingerprint density at radius 3 is 2.50 bits per heavy atom. The van der Waals surface area contributed by atoms with Gasteiger partial charge in [0.25, 0.3) is 0 Å². The van der Waals surface area contributed by atoms with E-state index in [1.165, 1.54) is 0 Å². The molecule has 0 aromatic heterocycles. The minimum Gasteiger partial charge on any atom is -0.463 e. The zero-order chi connectivity index (χ0) is 12.1. The summed E-state index contributed by atoms with van der Waals surface area (Å²) in [6, 6.07) is 0. The smallest absolute Gasteiger partial charge is 0.334 e. The van der Waals surface area contributed by atoms with E-state index < -0.39 is 0 Å². The molecule has 3 nitrogen and oxygen atoms in total. The lowest BCUT2D eigenvalue weighted by Gasteiger charge is -2.34. The van der Waals surface area contributed by atoms with Crippen LogP contribution in [0.5, 0.6) is 0 Å². The zero-order valence-corrected chi connectivity index (χ0v) is 11.2. The van der Waals surface area contributed by atoms with Crippen molar-refractivity contribution in [2.75, 3.05) is 26.2 Å². The van der Waals surface area contributed by atoms with Crippen molar-refractivity contribution >= 4 is 17.7 Å². The van der Waals surface area contributed by atoms with Crippen molar-refractivity contribution in [2.45, 2.75) is 31.3 Å². The van der Waals surface area contributed by atoms with E-state index in [1.807, 2.05) is 18.7 Å². The third kappa shape index (κ3) is 4.18. The highest BCUT2D eigenvalue weighted by molar-refractivity contribution is 8.00. The van der Waals surface area contributed by atoms with Crippen LogP contribution in [0.3, 0.4) is 0 Å². The van der Waals surface area contributed by atoms with Gasteiger partial charge in [-0.25, -0.2) is 4.79 Å². The average Bonchev–Trinajstić information content (AvgIpc) is 2.16. The molecule has 0 aliphatic carbocycles. The first-order chi connectivity index (χ1) is 7.52. The minimum absolute atomic E-state index is 0.263. The maximum Gasteiger partial charge on any atom is 0.334 e. The summed E-state index contributed by atoms with van der Waals surface area (Å²) in [7, 11) is 0. The Morgan fingerprint density at radius 2 is 2.00 bits per heavy atom. The van der Waals surface area contributed by atoms with Crippen LogP contribution in [0.25, 0.3) is 0 Å². The Morgan fingerprint density at radius 1 is 1.44 bits per heavy atom. The second-order valence-electron chi connectivity index (χ2n) is 4.28. The van der Waals surface area contributed by atoms with Crippen LogP contribution < -0.4 is 0 Å². The number of nitrogens with zero attached hydrogens (tertiary/aromatic N) is 1. The van der Waals surface area contributed by atoms with Crippen molar-refractivity contribution in [2.24, 2.45) is 0 Å². The summed E-state index contributed by atoms with van der Waals surface area (Å²) in [5, 5.41) is 1.25. The molecule has 0 radical (unpaired) electrons. The fourth-order valence-electron chi connectivity index (χ4n) is 1.98. The van der Waals surface area contributed by atoms with Crippen LogP contribution in [-0.4, -0.2) is 47.6 Å². The van der Waals surface area contributed by atoms with Crippen molar-refractivity contribution in [1.82, 2.24) is 4.90 Å². The van der Waals surface area contributed by atoms with Gasteiger partial charge in [-0.2, -0.15) is 11.8 Å². The van der Waals surface area contributed by atoms with Crippen LogP contribution in [-0.2, 0) is 9.53 Å². The molecule has 1 aliphatic rings. The lowest BCUT2D eigenvalue weighted by atomic mass is 10.2. The van der Waals surface area contributed by atoms with E-state index in [0.29, 0.717) is 29.2 Å². The molecular weight excluding hydrogens is 222 g/mol. The molecule has 0 saturated carbocycles. The molecular formula is C12H21NO2S. The maximum atomic E-state index is 11.4. The molecule has 2 unspecified atom stereocenters. The van der Waals surface area contributed by atoms with Crippen LogP contribution in [0, 0.1) is 0 Å². The lowest BCUT2D eigenvalue weighted by Crippen LogP contribution is -2.41. The molecule has 0 N–H and O–H groups in total. The molecule has 16 heavy (non-hydrogen) atoms. The van der Waals surface area contributed by atoms with Gasteiger partial charge in [-0.1, -0.05) is 20.4 Å². The van der Waals surface area contributed by atoms with Crippen molar-refractivity contribution in [3.63, 3.8) is 0 Å². The lowest BCUT2D eigenvalue weighted by molar-refractivity contribution is -0.138. The molecule has 0 aromatic rings. The highest BCUT2D eigenvalue weighted by Crippen LogP contribution is 2.24. The van der Waals surface area contributed by atoms with Crippen LogP contribution in [0.4, 0.5) is 0 Å². The fraction of sp³-hybridized carbons (Fsp3) is 0.750. The number of thioether (sulfide) groups is 1. The molecule has 4 heteroatoms. The van der Waals surface area contributed by atoms with Crippen molar-refractivity contribution in [1.29, 1.82) is 0 Å². The van der Waals surface area contributed by atoms with Gasteiger partial charge >= 0.3 is 5.97 Å². The predicted molar refractivity (Wildman–Crippen MR) is 68.7 cm³/mol. The predicted octanol–water partition coefficient (Wildman–Crippen LogP) is 1.93. The van der Waals surface area contributed by atoms with Crippen molar-refractivity contribution in [3.05, 3.63) is 12.2 Å². The Hall–Kier alpha value is -0.480. The Balaban J connectivity index is 2.41. The number of hydrogen-bond donors (Lipinski definition) is 0. The van der Waals surface area contributed by atoms with Crippen LogP contribution in [0.2, 0.25) is 0 Å². The van der Waals surface area contributed by atoms with Crippen LogP contribution in [0.1, 0.15) is 20.8 Å². The minimum atomic E-state index is -0.263. The topological polar surface area (TPSA) is 29.5 Å². The summed E-state index contributed by atoms with van der Waals surface area (Å²) in [5.74, 6) is -0.263. The van der Waals surface area contributed by atoms with Gasteiger partial charge in [-0.3, -0.25) is 4.90 Å². The normalized spacial score (nSPS) is 26.4. The molecule has 1 aliphatic heterocycles. The molecule has 0 spiro atoms. The number of carbonyl (C=O) groups excluding carboxylic acids is 1. The number of ether oxygens (including phenoxy) is 1. The number of carbonyl (C=O) groups is 1. The number of rotatable bonds is 4. The summed E-state index contributed by atoms with van der Waals surface area (Å²) >= 11 is 2.00. The monoisotopic (exact) mass is 243 g/mol. The second kappa shape index (κ2) is 6.30. The van der Waals surface area contributed by atoms with Gasteiger partial charge in [0, 0.05) is 35.7 Å². The Labute approximate surface area is 102 Å². The Bertz CT molecular complexity index is 258. The van der Waals surface area contributed by atoms with Crippen LogP contribution >= 0.6 is 11.8 Å². The van der Waals surface area contributed by atoms with Crippen molar-refractivity contribution < 1.29 is 9.53 Å². The molecule has 1 rings (SSSR count). The van der Waals surface area contributed by atoms with Gasteiger partial charge in [-0.15, -0.1) is 0 Å². The fourth-order valence-corrected chi connectivity index (χ4v) is 3.37. The third-order valence-electron chi connectivity index (χ3n) is 2.47. The highest BCUT2D eigenvalue weighted by Gasteiger charge is 2.23. The zero-order valence-electron chi connectivity index (χ0n) is 10.4. The maximum absolute atomic E-state index is 11.4. The van der Waals surface area contributed by atoms with E-state index in [2.05, 4.69) is 25.3 Å². The summed E-state index contributed by atoms with van der Waals surface area (Å²) in [6.45, 7) is 13.1. The first-order valence-electron chi connectivity index (χ1n) is 5.75. The Kier molecular flexibility index (Phi) is 5.35. The number of hydrogen-bond acceptors (Lipinski definition) is 4. The molecule has 1 saturated heterocycles. The van der Waals surface area contributed by atoms with Crippen LogP contribution in [0.15, 0.2) is 12.2 Å². The summed E-state index contributed by atoms with van der Waals surface area (Å²) < 4.78 is 4.93. The van der Waals surface area contributed by atoms with Crippen molar-refractivity contribution in [3.8, 4) is 0 Å². The molecule has 1 fully saturated rings. The van der Waals surface area contributed by atoms with E-state index in [4.69, 9.17) is 4.74 Å². The van der Waals surface area contributed by atoms with E-state index in [0.717, 1.165) is 13.1 Å². The van der Waals surface area contributed by atoms with E-state index >= 15 is 0 Å². The van der Waals surface area contributed by atoms with Gasteiger partial charge in [0.05, 0.1) is 6.61 Å². The SMILES string of the molecule is C=C(CN1CC(C)SC(C)C1)C(=O)OCC. The number of esters is 1. The first-order valence-corrected chi connectivity index (χ1v) is 6.70. The average molecular weight is 243 g/mol. The van der Waals surface area contributed by atoms with Gasteiger partial charge in [0.2, 0.25) is 0 Å².